The number of nitrogens with two attached hydrogens (primary N) is 1. The van der Waals surface area contributed by atoms with Gasteiger partial charge in [-0.05, 0) is 19.3 Å². The third-order valence-corrected chi connectivity index (χ3v) is 3.69. The number of rotatable bonds is 1. The van der Waals surface area contributed by atoms with Gasteiger partial charge in [-0.1, -0.05) is 0 Å². The zero-order valence-electron chi connectivity index (χ0n) is 9.56. The Balaban J connectivity index is 1.80. The minimum absolute atomic E-state index is 0.309. The highest BCUT2D eigenvalue weighted by atomic mass is 16.5. The van der Waals surface area contributed by atoms with E-state index in [1.165, 1.54) is 11.5 Å². The Morgan fingerprint density at radius 3 is 2.94 bits per heavy atom. The summed E-state index contributed by atoms with van der Waals surface area (Å²) in [6.45, 7) is 2.70. The predicted molar refractivity (Wildman–Crippen MR) is 61.3 cm³/mol. The molecule has 3 rings (SSSR count). The van der Waals surface area contributed by atoms with Gasteiger partial charge in [-0.15, -0.1) is 0 Å². The van der Waals surface area contributed by atoms with E-state index in [4.69, 9.17) is 15.5 Å². The molecule has 1 aromatic heterocycles. The molecular weight excluding hydrogens is 202 g/mol. The Morgan fingerprint density at radius 1 is 1.31 bits per heavy atom. The number of nitrogens with zero attached hydrogens (tertiary/aromatic N) is 2. The van der Waals surface area contributed by atoms with Crippen molar-refractivity contribution < 1.29 is 4.74 Å². The fourth-order valence-corrected chi connectivity index (χ4v) is 2.68. The van der Waals surface area contributed by atoms with Crippen molar-refractivity contribution in [3.8, 4) is 0 Å². The highest BCUT2D eigenvalue weighted by Crippen LogP contribution is 2.27. The zero-order valence-corrected chi connectivity index (χ0v) is 9.56. The lowest BCUT2D eigenvalue weighted by atomic mass is 9.97. The lowest BCUT2D eigenvalue weighted by Gasteiger charge is -2.20. The zero-order chi connectivity index (χ0) is 11.0. The second kappa shape index (κ2) is 4.18. The first-order chi connectivity index (χ1) is 7.83. The Bertz CT molecular complexity index is 368. The summed E-state index contributed by atoms with van der Waals surface area (Å²) in [7, 11) is 0. The van der Waals surface area contributed by atoms with Crippen molar-refractivity contribution in [3.05, 3.63) is 17.7 Å². The van der Waals surface area contributed by atoms with Crippen molar-refractivity contribution in [1.29, 1.82) is 0 Å². The van der Waals surface area contributed by atoms with Crippen LogP contribution in [0.5, 0.6) is 0 Å². The van der Waals surface area contributed by atoms with Gasteiger partial charge in [0.05, 0.1) is 5.69 Å². The van der Waals surface area contributed by atoms with E-state index in [1.807, 2.05) is 0 Å². The van der Waals surface area contributed by atoms with Crippen LogP contribution in [0.4, 0.5) is 0 Å². The smallest absolute Gasteiger partial charge is 0.109 e. The largest absolute Gasteiger partial charge is 0.381 e. The number of aromatic nitrogens is 2. The van der Waals surface area contributed by atoms with Crippen molar-refractivity contribution in [1.82, 2.24) is 9.55 Å². The summed E-state index contributed by atoms with van der Waals surface area (Å²) in [5.41, 5.74) is 7.23. The summed E-state index contributed by atoms with van der Waals surface area (Å²) in [4.78, 5) is 4.76. The van der Waals surface area contributed by atoms with Crippen molar-refractivity contribution in [2.75, 3.05) is 13.2 Å². The monoisotopic (exact) mass is 221 g/mol. The molecule has 0 bridgehead atoms. The van der Waals surface area contributed by atoms with Crippen LogP contribution in [0.25, 0.3) is 0 Å². The molecule has 3 heterocycles. The maximum absolute atomic E-state index is 5.97. The van der Waals surface area contributed by atoms with E-state index in [9.17, 15) is 0 Å². The minimum Gasteiger partial charge on any atom is -0.381 e. The first kappa shape index (κ1) is 10.3. The molecule has 1 aromatic rings. The van der Waals surface area contributed by atoms with Gasteiger partial charge in [0, 0.05) is 44.3 Å². The third-order valence-electron chi connectivity index (χ3n) is 3.69. The second-order valence-corrected chi connectivity index (χ2v) is 4.92. The molecule has 0 saturated carbocycles. The molecule has 1 saturated heterocycles. The molecule has 2 aliphatic rings. The summed E-state index contributed by atoms with van der Waals surface area (Å²) in [6, 6.07) is 0.309. The number of ether oxygens (including phenoxy) is 1. The van der Waals surface area contributed by atoms with Crippen LogP contribution in [-0.2, 0) is 17.7 Å². The van der Waals surface area contributed by atoms with E-state index in [1.54, 1.807) is 0 Å². The quantitative estimate of drug-likeness (QED) is 0.771. The molecule has 0 aromatic carbocycles. The molecule has 0 amide bonds. The van der Waals surface area contributed by atoms with Crippen molar-refractivity contribution >= 4 is 0 Å². The number of hydrogen-bond acceptors (Lipinski definition) is 3. The molecule has 2 N–H and O–H groups in total. The van der Waals surface area contributed by atoms with Crippen LogP contribution in [-0.4, -0.2) is 28.8 Å². The highest BCUT2D eigenvalue weighted by molar-refractivity contribution is 5.12. The summed E-state index contributed by atoms with van der Waals surface area (Å²) in [5.74, 6) is 1.83. The molecule has 16 heavy (non-hydrogen) atoms. The van der Waals surface area contributed by atoms with E-state index < -0.39 is 0 Å². The lowest BCUT2D eigenvalue weighted by molar-refractivity contribution is 0.0845. The molecule has 1 unspecified atom stereocenters. The summed E-state index contributed by atoms with van der Waals surface area (Å²) >= 11 is 0. The van der Waals surface area contributed by atoms with Gasteiger partial charge in [-0.25, -0.2) is 4.98 Å². The third kappa shape index (κ3) is 1.87. The maximum atomic E-state index is 5.97. The normalized spacial score (nSPS) is 26.7. The van der Waals surface area contributed by atoms with Crippen LogP contribution in [0.3, 0.4) is 0 Å². The molecule has 1 atom stereocenters. The predicted octanol–water partition coefficient (Wildman–Crippen LogP) is 1.05. The molecule has 1 fully saturated rings. The van der Waals surface area contributed by atoms with Crippen molar-refractivity contribution in [3.63, 3.8) is 0 Å². The van der Waals surface area contributed by atoms with Crippen LogP contribution in [0.15, 0.2) is 6.20 Å². The van der Waals surface area contributed by atoms with Crippen LogP contribution in [0.1, 0.15) is 36.7 Å². The molecule has 0 spiro atoms. The number of aryl methyl sites for hydroxylation is 1. The molecule has 88 valence electrons. The van der Waals surface area contributed by atoms with Crippen LogP contribution in [0, 0.1) is 0 Å². The number of hydrogen-bond donors (Lipinski definition) is 1. The van der Waals surface area contributed by atoms with E-state index in [0.29, 0.717) is 12.0 Å². The molecule has 0 aliphatic carbocycles. The second-order valence-electron chi connectivity index (χ2n) is 4.92. The first-order valence-electron chi connectivity index (χ1n) is 6.22. The van der Waals surface area contributed by atoms with Crippen molar-refractivity contribution in [2.45, 2.75) is 44.2 Å². The van der Waals surface area contributed by atoms with Gasteiger partial charge in [0.25, 0.3) is 0 Å². The highest BCUT2D eigenvalue weighted by Gasteiger charge is 2.22. The SMILES string of the molecule is NC1CCc2nc(C3CCOCC3)cn2C1. The average molecular weight is 221 g/mol. The summed E-state index contributed by atoms with van der Waals surface area (Å²) in [6.07, 6.45) is 6.55. The van der Waals surface area contributed by atoms with E-state index in [0.717, 1.165) is 45.4 Å². The average Bonchev–Trinajstić information content (AvgIpc) is 2.73. The summed E-state index contributed by atoms with van der Waals surface area (Å²) in [5, 5.41) is 0. The number of fused-ring (bicyclic) bond motifs is 1. The standard InChI is InChI=1S/C12H19N3O/c13-10-1-2-12-14-11(8-15(12)7-10)9-3-5-16-6-4-9/h8-10H,1-7,13H2. The Kier molecular flexibility index (Phi) is 2.69. The Morgan fingerprint density at radius 2 is 2.12 bits per heavy atom. The van der Waals surface area contributed by atoms with Gasteiger partial charge in [0.2, 0.25) is 0 Å². The fraction of sp³-hybridized carbons (Fsp3) is 0.750. The fourth-order valence-electron chi connectivity index (χ4n) is 2.68. The van der Waals surface area contributed by atoms with Crippen LogP contribution in [0.2, 0.25) is 0 Å². The van der Waals surface area contributed by atoms with Gasteiger partial charge < -0.3 is 15.0 Å². The van der Waals surface area contributed by atoms with E-state index in [-0.39, 0.29) is 0 Å². The Hall–Kier alpha value is -0.870. The van der Waals surface area contributed by atoms with Gasteiger partial charge in [0.15, 0.2) is 0 Å². The molecule has 0 radical (unpaired) electrons. The van der Waals surface area contributed by atoms with Gasteiger partial charge >= 0.3 is 0 Å². The summed E-state index contributed by atoms with van der Waals surface area (Å²) < 4.78 is 7.63. The van der Waals surface area contributed by atoms with E-state index >= 15 is 0 Å². The van der Waals surface area contributed by atoms with Gasteiger partial charge in [-0.2, -0.15) is 0 Å². The topological polar surface area (TPSA) is 53.1 Å². The Labute approximate surface area is 95.8 Å². The van der Waals surface area contributed by atoms with E-state index in [2.05, 4.69) is 10.8 Å². The van der Waals surface area contributed by atoms with Crippen LogP contribution < -0.4 is 5.73 Å². The van der Waals surface area contributed by atoms with Crippen molar-refractivity contribution in [2.24, 2.45) is 5.73 Å². The van der Waals surface area contributed by atoms with Gasteiger partial charge in [-0.3, -0.25) is 0 Å². The number of imidazole rings is 1. The maximum Gasteiger partial charge on any atom is 0.109 e. The molecule has 4 heteroatoms. The van der Waals surface area contributed by atoms with Gasteiger partial charge in [0.1, 0.15) is 5.82 Å². The first-order valence-corrected chi connectivity index (χ1v) is 6.22. The molecule has 2 aliphatic heterocycles. The lowest BCUT2D eigenvalue weighted by Crippen LogP contribution is -2.31. The van der Waals surface area contributed by atoms with Crippen LogP contribution >= 0.6 is 0 Å². The minimum atomic E-state index is 0.309. The molecule has 4 nitrogen and oxygen atoms in total. The molecular formula is C12H19N3O.